The van der Waals surface area contributed by atoms with Crippen LogP contribution in [0.15, 0.2) is 97.3 Å². The predicted octanol–water partition coefficient (Wildman–Crippen LogP) is 4.95. The molecule has 0 spiro atoms. The van der Waals surface area contributed by atoms with E-state index in [2.05, 4.69) is 9.97 Å². The minimum absolute atomic E-state index is 0.0781. The van der Waals surface area contributed by atoms with Gasteiger partial charge in [0.05, 0.1) is 11.5 Å². The van der Waals surface area contributed by atoms with Gasteiger partial charge in [-0.15, -0.1) is 5.10 Å². The van der Waals surface area contributed by atoms with Crippen molar-refractivity contribution in [2.45, 2.75) is 13.0 Å². The fourth-order valence-corrected chi connectivity index (χ4v) is 3.68. The van der Waals surface area contributed by atoms with E-state index in [0.717, 1.165) is 22.4 Å². The molecule has 0 N–H and O–H groups in total. The Kier molecular flexibility index (Phi) is 5.85. The molecule has 0 aliphatic carbocycles. The van der Waals surface area contributed by atoms with Crippen LogP contribution in [0.5, 0.6) is 0 Å². The zero-order valence-electron chi connectivity index (χ0n) is 18.2. The fraction of sp³-hybridized carbons (Fsp3) is 0.0769. The Morgan fingerprint density at radius 1 is 0.765 bits per heavy atom. The summed E-state index contributed by atoms with van der Waals surface area (Å²) < 4.78 is 1.84. The van der Waals surface area contributed by atoms with Crippen LogP contribution in [0, 0.1) is 10.1 Å². The third-order valence-corrected chi connectivity index (χ3v) is 5.35. The van der Waals surface area contributed by atoms with Gasteiger partial charge < -0.3 is 0 Å². The highest BCUT2D eigenvalue weighted by Crippen LogP contribution is 2.23. The summed E-state index contributed by atoms with van der Waals surface area (Å²) in [5, 5.41) is 15.7. The Hall–Kier alpha value is -4.72. The lowest BCUT2D eigenvalue weighted by atomic mass is 10.0. The van der Waals surface area contributed by atoms with Crippen molar-refractivity contribution < 1.29 is 4.92 Å². The maximum absolute atomic E-state index is 10.9. The molecule has 34 heavy (non-hydrogen) atoms. The summed E-state index contributed by atoms with van der Waals surface area (Å²) in [5.74, 6) is 1.18. The molecule has 0 aliphatic rings. The molecule has 3 aromatic heterocycles. The molecule has 0 fully saturated rings. The van der Waals surface area contributed by atoms with Crippen molar-refractivity contribution in [1.82, 2.24) is 24.7 Å². The predicted molar refractivity (Wildman–Crippen MR) is 128 cm³/mol. The lowest BCUT2D eigenvalue weighted by Gasteiger charge is -2.05. The van der Waals surface area contributed by atoms with E-state index < -0.39 is 4.92 Å². The van der Waals surface area contributed by atoms with Crippen LogP contribution in [0.3, 0.4) is 0 Å². The number of non-ortho nitro benzene ring substituents is 1. The maximum atomic E-state index is 10.9. The second-order valence-electron chi connectivity index (χ2n) is 7.77. The van der Waals surface area contributed by atoms with Crippen LogP contribution >= 0.6 is 0 Å². The molecule has 0 aliphatic heterocycles. The molecule has 0 saturated carbocycles. The van der Waals surface area contributed by atoms with E-state index in [0.29, 0.717) is 30.3 Å². The van der Waals surface area contributed by atoms with Crippen molar-refractivity contribution in [1.29, 1.82) is 0 Å². The van der Waals surface area contributed by atoms with Gasteiger partial charge in [-0.2, -0.15) is 0 Å². The first-order chi connectivity index (χ1) is 16.7. The molecule has 8 nitrogen and oxygen atoms in total. The largest absolute Gasteiger partial charge is 0.269 e. The normalized spacial score (nSPS) is 10.8. The van der Waals surface area contributed by atoms with E-state index in [4.69, 9.17) is 10.1 Å². The van der Waals surface area contributed by atoms with Crippen LogP contribution < -0.4 is 0 Å². The zero-order valence-corrected chi connectivity index (χ0v) is 18.2. The fourth-order valence-electron chi connectivity index (χ4n) is 3.68. The van der Waals surface area contributed by atoms with Crippen molar-refractivity contribution in [3.05, 3.63) is 124 Å². The number of benzene rings is 2. The number of rotatable bonds is 7. The van der Waals surface area contributed by atoms with Crippen LogP contribution in [-0.4, -0.2) is 29.7 Å². The van der Waals surface area contributed by atoms with Crippen LogP contribution in [-0.2, 0) is 13.0 Å². The number of nitro benzene ring substituents is 1. The van der Waals surface area contributed by atoms with Gasteiger partial charge in [0.1, 0.15) is 11.4 Å². The van der Waals surface area contributed by atoms with E-state index in [1.165, 1.54) is 12.1 Å². The Morgan fingerprint density at radius 3 is 2.26 bits per heavy atom. The first-order valence-corrected chi connectivity index (χ1v) is 10.7. The van der Waals surface area contributed by atoms with Gasteiger partial charge in [0, 0.05) is 24.5 Å². The van der Waals surface area contributed by atoms with Crippen molar-refractivity contribution >= 4 is 5.69 Å². The molecular weight excluding hydrogens is 428 g/mol. The molecule has 5 rings (SSSR count). The van der Waals surface area contributed by atoms with E-state index >= 15 is 0 Å². The molecule has 166 valence electrons. The highest BCUT2D eigenvalue weighted by atomic mass is 16.6. The highest BCUT2D eigenvalue weighted by molar-refractivity contribution is 5.57. The average molecular weight is 448 g/mol. The minimum Gasteiger partial charge on any atom is -0.258 e. The summed E-state index contributed by atoms with van der Waals surface area (Å²) in [4.78, 5) is 24.2. The zero-order chi connectivity index (χ0) is 23.3. The van der Waals surface area contributed by atoms with E-state index in [9.17, 15) is 10.1 Å². The van der Waals surface area contributed by atoms with Crippen LogP contribution in [0.4, 0.5) is 5.69 Å². The summed E-state index contributed by atoms with van der Waals surface area (Å²) in [6, 6.07) is 26.2. The van der Waals surface area contributed by atoms with Gasteiger partial charge in [0.15, 0.2) is 11.6 Å². The minimum atomic E-state index is -0.398. The number of hydrogen-bond acceptors (Lipinski definition) is 6. The second kappa shape index (κ2) is 9.41. The quantitative estimate of drug-likeness (QED) is 0.258. The first-order valence-electron chi connectivity index (χ1n) is 10.7. The number of aromatic nitrogens is 5. The molecule has 0 amide bonds. The Labute approximate surface area is 195 Å². The molecule has 5 aromatic rings. The topological polar surface area (TPSA) is 99.6 Å². The Morgan fingerprint density at radius 2 is 1.53 bits per heavy atom. The Balaban J connectivity index is 1.47. The standard InChI is InChI=1S/C26H20N6O2/c33-32(34)22-11-9-19(10-12-22)16-21-13-15-28-24(17-21)25-29-26(23-8-4-5-14-27-23)31(30-25)18-20-6-2-1-3-7-20/h1-15,17H,16,18H2. The summed E-state index contributed by atoms with van der Waals surface area (Å²) in [7, 11) is 0. The molecule has 0 atom stereocenters. The smallest absolute Gasteiger partial charge is 0.258 e. The van der Waals surface area contributed by atoms with Gasteiger partial charge in [0.25, 0.3) is 5.69 Å². The number of nitrogens with zero attached hydrogens (tertiary/aromatic N) is 6. The van der Waals surface area contributed by atoms with Crippen molar-refractivity contribution in [3.63, 3.8) is 0 Å². The molecule has 3 heterocycles. The molecule has 2 aromatic carbocycles. The van der Waals surface area contributed by atoms with Gasteiger partial charge in [-0.25, -0.2) is 9.67 Å². The third kappa shape index (κ3) is 4.71. The number of nitro groups is 1. The van der Waals surface area contributed by atoms with Gasteiger partial charge in [0.2, 0.25) is 0 Å². The summed E-state index contributed by atoms with van der Waals surface area (Å²) in [5.41, 5.74) is 4.56. The lowest BCUT2D eigenvalue weighted by molar-refractivity contribution is -0.384. The molecule has 0 unspecified atom stereocenters. The SMILES string of the molecule is O=[N+]([O-])c1ccc(Cc2ccnc(-c3nc(-c4ccccn4)n(Cc4ccccc4)n3)c2)cc1. The van der Waals surface area contributed by atoms with Gasteiger partial charge in [-0.3, -0.25) is 20.1 Å². The third-order valence-electron chi connectivity index (χ3n) is 5.35. The molecular formula is C26H20N6O2. The molecule has 8 heteroatoms. The average Bonchev–Trinajstić information content (AvgIpc) is 3.29. The van der Waals surface area contributed by atoms with Crippen LogP contribution in [0.2, 0.25) is 0 Å². The first kappa shape index (κ1) is 21.1. The number of pyridine rings is 2. The van der Waals surface area contributed by atoms with Crippen LogP contribution in [0.1, 0.15) is 16.7 Å². The second-order valence-corrected chi connectivity index (χ2v) is 7.77. The van der Waals surface area contributed by atoms with Crippen molar-refractivity contribution in [2.24, 2.45) is 0 Å². The molecule has 0 radical (unpaired) electrons. The van der Waals surface area contributed by atoms with Crippen molar-refractivity contribution in [3.8, 4) is 23.0 Å². The maximum Gasteiger partial charge on any atom is 0.269 e. The van der Waals surface area contributed by atoms with Gasteiger partial charge in [-0.05, 0) is 47.4 Å². The monoisotopic (exact) mass is 448 g/mol. The summed E-state index contributed by atoms with van der Waals surface area (Å²) >= 11 is 0. The van der Waals surface area contributed by atoms with Crippen LogP contribution in [0.25, 0.3) is 23.0 Å². The van der Waals surface area contributed by atoms with E-state index in [-0.39, 0.29) is 5.69 Å². The summed E-state index contributed by atoms with van der Waals surface area (Å²) in [6.45, 7) is 0.558. The lowest BCUT2D eigenvalue weighted by Crippen LogP contribution is -2.05. The van der Waals surface area contributed by atoms with E-state index in [1.807, 2.05) is 65.3 Å². The van der Waals surface area contributed by atoms with Gasteiger partial charge >= 0.3 is 0 Å². The van der Waals surface area contributed by atoms with Gasteiger partial charge in [-0.1, -0.05) is 48.5 Å². The van der Waals surface area contributed by atoms with E-state index in [1.54, 1.807) is 24.5 Å². The highest BCUT2D eigenvalue weighted by Gasteiger charge is 2.16. The Bertz CT molecular complexity index is 1420. The molecule has 0 bridgehead atoms. The van der Waals surface area contributed by atoms with Crippen molar-refractivity contribution in [2.75, 3.05) is 0 Å². The number of hydrogen-bond donors (Lipinski definition) is 0. The summed E-state index contributed by atoms with van der Waals surface area (Å²) in [6.07, 6.45) is 4.08. The molecule has 0 saturated heterocycles.